The molecule has 0 aliphatic carbocycles. The highest BCUT2D eigenvalue weighted by Crippen LogP contribution is 2.27. The van der Waals surface area contributed by atoms with Crippen molar-refractivity contribution in [2.24, 2.45) is 4.99 Å². The van der Waals surface area contributed by atoms with E-state index in [4.69, 9.17) is 16.6 Å². The number of thiophene rings is 1. The largest absolute Gasteiger partial charge is 0.354 e. The number of hydrogen-bond acceptors (Lipinski definition) is 5. The minimum absolute atomic E-state index is 0.458. The number of pyridine rings is 1. The van der Waals surface area contributed by atoms with E-state index in [1.54, 1.807) is 11.3 Å². The molecule has 2 aromatic rings. The van der Waals surface area contributed by atoms with Crippen LogP contribution in [0.2, 0.25) is 5.02 Å². The summed E-state index contributed by atoms with van der Waals surface area (Å²) in [5.41, 5.74) is 1.87. The van der Waals surface area contributed by atoms with E-state index in [1.165, 1.54) is 0 Å². The van der Waals surface area contributed by atoms with Crippen molar-refractivity contribution in [3.63, 3.8) is 0 Å². The third-order valence-electron chi connectivity index (χ3n) is 4.59. The molecule has 2 aliphatic heterocycles. The summed E-state index contributed by atoms with van der Waals surface area (Å²) in [7, 11) is 2.01. The van der Waals surface area contributed by atoms with E-state index in [9.17, 15) is 4.39 Å². The van der Waals surface area contributed by atoms with Crippen molar-refractivity contribution in [2.75, 3.05) is 26.8 Å². The smallest absolute Gasteiger partial charge is 0.126 e. The number of aryl methyl sites for hydroxylation is 2. The minimum atomic E-state index is -0.746. The summed E-state index contributed by atoms with van der Waals surface area (Å²) in [6.07, 6.45) is -0.152. The molecule has 1 unspecified atom stereocenters. The molecule has 1 fully saturated rings. The molecule has 1 saturated heterocycles. The lowest BCUT2D eigenvalue weighted by atomic mass is 10.1. The monoisotopic (exact) mass is 352 g/mol. The molecule has 4 rings (SSSR count). The van der Waals surface area contributed by atoms with E-state index in [1.807, 2.05) is 20.9 Å². The van der Waals surface area contributed by atoms with Gasteiger partial charge in [-0.05, 0) is 25.8 Å². The first-order valence-corrected chi connectivity index (χ1v) is 8.91. The fraction of sp³-hybridized carbons (Fsp3) is 0.500. The zero-order chi connectivity index (χ0) is 16.3. The van der Waals surface area contributed by atoms with Crippen LogP contribution in [0.5, 0.6) is 0 Å². The van der Waals surface area contributed by atoms with Gasteiger partial charge in [0, 0.05) is 19.0 Å². The van der Waals surface area contributed by atoms with Crippen LogP contribution >= 0.6 is 22.9 Å². The molecular formula is C16H18ClFN4S. The van der Waals surface area contributed by atoms with Gasteiger partial charge >= 0.3 is 0 Å². The van der Waals surface area contributed by atoms with Crippen molar-refractivity contribution < 1.29 is 4.39 Å². The lowest BCUT2D eigenvalue weighted by molar-refractivity contribution is 0.304. The van der Waals surface area contributed by atoms with Crippen LogP contribution < -0.4 is 9.89 Å². The Morgan fingerprint density at radius 3 is 2.83 bits per heavy atom. The molecule has 4 nitrogen and oxygen atoms in total. The number of nitrogens with zero attached hydrogens (tertiary/aromatic N) is 4. The van der Waals surface area contributed by atoms with Gasteiger partial charge in [-0.2, -0.15) is 0 Å². The van der Waals surface area contributed by atoms with E-state index in [0.29, 0.717) is 24.7 Å². The molecule has 0 bridgehead atoms. The van der Waals surface area contributed by atoms with Crippen molar-refractivity contribution in [3.8, 4) is 0 Å². The Bertz CT molecular complexity index is 923. The Labute approximate surface area is 142 Å². The van der Waals surface area contributed by atoms with E-state index in [-0.39, 0.29) is 0 Å². The lowest BCUT2D eigenvalue weighted by Crippen LogP contribution is -2.43. The maximum atomic E-state index is 13.7. The van der Waals surface area contributed by atoms with Crippen molar-refractivity contribution in [1.29, 1.82) is 0 Å². The number of fused-ring (bicyclic) bond motifs is 3. The van der Waals surface area contributed by atoms with Crippen LogP contribution in [0.4, 0.5) is 4.39 Å². The van der Waals surface area contributed by atoms with Gasteiger partial charge in [-0.15, -0.1) is 11.3 Å². The van der Waals surface area contributed by atoms with Gasteiger partial charge in [0.05, 0.1) is 27.2 Å². The van der Waals surface area contributed by atoms with Crippen LogP contribution in [0.25, 0.3) is 16.0 Å². The first kappa shape index (κ1) is 15.1. The Morgan fingerprint density at radius 1 is 1.35 bits per heavy atom. The van der Waals surface area contributed by atoms with Crippen LogP contribution in [0.15, 0.2) is 4.99 Å². The molecule has 0 spiro atoms. The van der Waals surface area contributed by atoms with Gasteiger partial charge in [0.1, 0.15) is 23.5 Å². The van der Waals surface area contributed by atoms with Gasteiger partial charge in [0.25, 0.3) is 0 Å². The first-order valence-electron chi connectivity index (χ1n) is 7.71. The Kier molecular flexibility index (Phi) is 3.50. The Hall–Kier alpha value is -1.40. The number of likely N-dealkylation sites (tertiary alicyclic amines) is 1. The molecule has 23 heavy (non-hydrogen) atoms. The first-order chi connectivity index (χ1) is 11.0. The fourth-order valence-electron chi connectivity index (χ4n) is 3.42. The summed E-state index contributed by atoms with van der Waals surface area (Å²) in [5.74, 6) is 1.08. The van der Waals surface area contributed by atoms with E-state index in [0.717, 1.165) is 43.7 Å². The second kappa shape index (κ2) is 5.31. The maximum Gasteiger partial charge on any atom is 0.126 e. The summed E-state index contributed by atoms with van der Waals surface area (Å²) in [6, 6.07) is 0. The maximum absolute atomic E-state index is 13.7. The minimum Gasteiger partial charge on any atom is -0.354 e. The molecule has 122 valence electrons. The average Bonchev–Trinajstić information content (AvgIpc) is 3.08. The summed E-state index contributed by atoms with van der Waals surface area (Å²) in [5, 5.41) is 2.72. The third-order valence-corrected chi connectivity index (χ3v) is 6.22. The molecule has 0 saturated carbocycles. The van der Waals surface area contributed by atoms with Crippen LogP contribution in [0, 0.1) is 13.8 Å². The number of halogens is 2. The molecule has 0 aromatic carbocycles. The Balaban J connectivity index is 2.07. The van der Waals surface area contributed by atoms with Gasteiger partial charge in [-0.3, -0.25) is 4.99 Å². The third kappa shape index (κ3) is 2.22. The molecule has 0 N–H and O–H groups in total. The zero-order valence-corrected chi connectivity index (χ0v) is 14.9. The van der Waals surface area contributed by atoms with Crippen LogP contribution in [-0.2, 0) is 0 Å². The molecule has 1 atom stereocenters. The second-order valence-corrected chi connectivity index (χ2v) is 7.63. The molecule has 0 amide bonds. The van der Waals surface area contributed by atoms with Crippen molar-refractivity contribution in [2.45, 2.75) is 26.4 Å². The lowest BCUT2D eigenvalue weighted by Gasteiger charge is -2.30. The van der Waals surface area contributed by atoms with Crippen LogP contribution in [0.3, 0.4) is 0 Å². The summed E-state index contributed by atoms with van der Waals surface area (Å²) >= 11 is 8.02. The fourth-order valence-corrected chi connectivity index (χ4v) is 4.93. The average molecular weight is 353 g/mol. The summed E-state index contributed by atoms with van der Waals surface area (Å²) in [6.45, 7) is 5.73. The van der Waals surface area contributed by atoms with E-state index < -0.39 is 6.17 Å². The van der Waals surface area contributed by atoms with Gasteiger partial charge in [-0.1, -0.05) is 11.6 Å². The predicted octanol–water partition coefficient (Wildman–Crippen LogP) is 2.20. The normalized spacial score (nSPS) is 21.1. The topological polar surface area (TPSA) is 31.7 Å². The Morgan fingerprint density at radius 2 is 2.13 bits per heavy atom. The zero-order valence-electron chi connectivity index (χ0n) is 13.4. The quantitative estimate of drug-likeness (QED) is 0.788. The predicted molar refractivity (Wildman–Crippen MR) is 92.0 cm³/mol. The highest BCUT2D eigenvalue weighted by atomic mass is 35.5. The highest BCUT2D eigenvalue weighted by molar-refractivity contribution is 7.16. The summed E-state index contributed by atoms with van der Waals surface area (Å²) < 4.78 is 14.8. The molecule has 0 radical (unpaired) electrons. The van der Waals surface area contributed by atoms with Crippen molar-refractivity contribution in [3.05, 3.63) is 26.2 Å². The second-order valence-electron chi connectivity index (χ2n) is 6.25. The number of rotatable bonds is 1. The molecule has 4 heterocycles. The van der Waals surface area contributed by atoms with Crippen LogP contribution in [-0.4, -0.2) is 47.8 Å². The number of aromatic nitrogens is 1. The van der Waals surface area contributed by atoms with Gasteiger partial charge in [-0.25, -0.2) is 9.37 Å². The van der Waals surface area contributed by atoms with Gasteiger partial charge in [0.2, 0.25) is 0 Å². The van der Waals surface area contributed by atoms with E-state index >= 15 is 0 Å². The van der Waals surface area contributed by atoms with Crippen molar-refractivity contribution >= 4 is 39.0 Å². The van der Waals surface area contributed by atoms with Gasteiger partial charge in [0.15, 0.2) is 0 Å². The SMILES string of the molecule is Cc1nc2sc3c(c2c(C)c1Cl)=NCN(C)C=3N1CCC(F)C1. The standard InChI is InChI=1S/C16H18ClFN4S/c1-8-11-13-14(23-15(11)20-9(2)12(8)17)16(21(3)7-19-13)22-5-4-10(18)6-22/h10H,4-7H2,1-3H3. The van der Waals surface area contributed by atoms with Gasteiger partial charge < -0.3 is 9.80 Å². The number of hydrogen-bond donors (Lipinski definition) is 0. The van der Waals surface area contributed by atoms with Crippen LogP contribution in [0.1, 0.15) is 17.7 Å². The molecular weight excluding hydrogens is 335 g/mol. The molecule has 7 heteroatoms. The summed E-state index contributed by atoms with van der Waals surface area (Å²) in [4.78, 5) is 14.6. The highest BCUT2D eigenvalue weighted by Gasteiger charge is 2.28. The van der Waals surface area contributed by atoms with Crippen molar-refractivity contribution in [1.82, 2.24) is 14.8 Å². The number of alkyl halides is 1. The molecule has 2 aliphatic rings. The van der Waals surface area contributed by atoms with E-state index in [2.05, 4.69) is 14.8 Å². The molecule has 2 aromatic heterocycles.